The summed E-state index contributed by atoms with van der Waals surface area (Å²) < 4.78 is 59.0. The summed E-state index contributed by atoms with van der Waals surface area (Å²) in [5, 5.41) is 0. The molecule has 4 nitrogen and oxygen atoms in total. The van der Waals surface area contributed by atoms with Crippen LogP contribution in [0.1, 0.15) is 22.4 Å². The van der Waals surface area contributed by atoms with Crippen LogP contribution in [0.3, 0.4) is 0 Å². The van der Waals surface area contributed by atoms with Crippen molar-refractivity contribution in [1.29, 1.82) is 0 Å². The van der Waals surface area contributed by atoms with E-state index in [0.717, 1.165) is 17.2 Å². The number of oxazole rings is 1. The van der Waals surface area contributed by atoms with Gasteiger partial charge in [0, 0.05) is 17.3 Å². The molecule has 0 fully saturated rings. The lowest BCUT2D eigenvalue weighted by molar-refractivity contribution is -0.137. The molecule has 0 amide bonds. The van der Waals surface area contributed by atoms with Crippen LogP contribution in [0.15, 0.2) is 82.3 Å². The highest BCUT2D eigenvalue weighted by molar-refractivity contribution is 6.13. The molecule has 4 rings (SSSR count). The number of benzene rings is 2. The van der Waals surface area contributed by atoms with Gasteiger partial charge in [-0.1, -0.05) is 60.7 Å². The minimum Gasteiger partial charge on any atom is -0.411 e. The van der Waals surface area contributed by atoms with Crippen LogP contribution in [-0.2, 0) is 6.18 Å². The van der Waals surface area contributed by atoms with Crippen molar-refractivity contribution in [2.45, 2.75) is 13.1 Å². The largest absolute Gasteiger partial charge is 0.418 e. The number of nitrogens with zero attached hydrogens (tertiary/aromatic N) is 3. The highest BCUT2D eigenvalue weighted by Crippen LogP contribution is 2.38. The number of alkyl halides is 3. The van der Waals surface area contributed by atoms with E-state index in [4.69, 9.17) is 4.42 Å². The summed E-state index contributed by atoms with van der Waals surface area (Å²) in [5.74, 6) is -0.482. The maximum absolute atomic E-state index is 13.7. The molecule has 31 heavy (non-hydrogen) atoms. The Balaban J connectivity index is 1.90. The Bertz CT molecular complexity index is 1170. The molecule has 156 valence electrons. The van der Waals surface area contributed by atoms with E-state index >= 15 is 0 Å². The summed E-state index contributed by atoms with van der Waals surface area (Å²) in [6.07, 6.45) is -4.08. The quantitative estimate of drug-likeness (QED) is 0.282. The minimum absolute atomic E-state index is 0.00182. The van der Waals surface area contributed by atoms with Crippen molar-refractivity contribution in [3.63, 3.8) is 0 Å². The zero-order valence-corrected chi connectivity index (χ0v) is 16.2. The Hall–Kier alpha value is -3.81. The molecule has 0 bridgehead atoms. The van der Waals surface area contributed by atoms with Gasteiger partial charge in [0.2, 0.25) is 5.89 Å². The number of halogens is 4. The van der Waals surface area contributed by atoms with Crippen molar-refractivity contribution in [1.82, 2.24) is 9.97 Å². The maximum atomic E-state index is 13.7. The summed E-state index contributed by atoms with van der Waals surface area (Å²) >= 11 is 0. The number of rotatable bonds is 4. The normalized spacial score (nSPS) is 11.4. The molecule has 0 aliphatic heterocycles. The van der Waals surface area contributed by atoms with Gasteiger partial charge in [0.05, 0.1) is 16.8 Å². The molecular weight excluding hydrogens is 410 g/mol. The first kappa shape index (κ1) is 20.5. The Labute approximate surface area is 174 Å². The monoisotopic (exact) mass is 425 g/mol. The first-order valence-corrected chi connectivity index (χ1v) is 9.23. The second kappa shape index (κ2) is 8.14. The summed E-state index contributed by atoms with van der Waals surface area (Å²) in [7, 11) is 0. The molecule has 0 saturated carbocycles. The number of hydrogen-bond donors (Lipinski definition) is 0. The second-order valence-electron chi connectivity index (χ2n) is 6.66. The van der Waals surface area contributed by atoms with Crippen molar-refractivity contribution in [2.24, 2.45) is 4.99 Å². The number of pyridine rings is 1. The van der Waals surface area contributed by atoms with Gasteiger partial charge in [-0.15, -0.1) is 0 Å². The van der Waals surface area contributed by atoms with E-state index in [1.165, 1.54) is 6.92 Å². The molecule has 0 aliphatic rings. The third-order valence-electron chi connectivity index (χ3n) is 4.49. The SMILES string of the molecule is Cc1nc(-c2cc(N=C(c3ccccc3)c3ccccc3)ncc2C(F)(F)F)oc1F. The predicted molar refractivity (Wildman–Crippen MR) is 108 cm³/mol. The average molecular weight is 425 g/mol. The Morgan fingerprint density at radius 3 is 2.00 bits per heavy atom. The van der Waals surface area contributed by atoms with Gasteiger partial charge in [-0.25, -0.2) is 15.0 Å². The topological polar surface area (TPSA) is 51.3 Å². The molecule has 2 aromatic heterocycles. The molecule has 0 saturated heterocycles. The lowest BCUT2D eigenvalue weighted by Gasteiger charge is -2.12. The van der Waals surface area contributed by atoms with E-state index in [9.17, 15) is 17.6 Å². The molecule has 8 heteroatoms. The van der Waals surface area contributed by atoms with Crippen LogP contribution >= 0.6 is 0 Å². The van der Waals surface area contributed by atoms with Crippen LogP contribution in [0.4, 0.5) is 23.4 Å². The fraction of sp³-hybridized carbons (Fsp3) is 0.0870. The lowest BCUT2D eigenvalue weighted by atomic mass is 10.0. The third-order valence-corrected chi connectivity index (χ3v) is 4.49. The first-order valence-electron chi connectivity index (χ1n) is 9.23. The van der Waals surface area contributed by atoms with E-state index in [1.807, 2.05) is 60.7 Å². The van der Waals surface area contributed by atoms with Crippen LogP contribution in [0.2, 0.25) is 0 Å². The summed E-state index contributed by atoms with van der Waals surface area (Å²) in [5.41, 5.74) is 0.376. The van der Waals surface area contributed by atoms with Crippen LogP contribution in [0.5, 0.6) is 0 Å². The summed E-state index contributed by atoms with van der Waals surface area (Å²) in [4.78, 5) is 12.2. The standard InChI is InChI=1S/C23H15F4N3O/c1-14-21(24)31-22(29-14)17-12-19(28-13-18(17)23(25,26)27)30-20(15-8-4-2-5-9-15)16-10-6-3-7-11-16/h2-13H,1H3. The van der Waals surface area contributed by atoms with Gasteiger partial charge < -0.3 is 4.42 Å². The molecular formula is C23H15F4N3O. The van der Waals surface area contributed by atoms with Gasteiger partial charge in [-0.2, -0.15) is 17.6 Å². The fourth-order valence-corrected chi connectivity index (χ4v) is 3.00. The number of aliphatic imine (C=N–C) groups is 1. The molecule has 0 aliphatic carbocycles. The first-order chi connectivity index (χ1) is 14.8. The number of aryl methyl sites for hydroxylation is 1. The van der Waals surface area contributed by atoms with Crippen LogP contribution in [0, 0.1) is 12.9 Å². The van der Waals surface area contributed by atoms with Gasteiger partial charge in [-0.3, -0.25) is 0 Å². The smallest absolute Gasteiger partial charge is 0.411 e. The second-order valence-corrected chi connectivity index (χ2v) is 6.66. The average Bonchev–Trinajstić information content (AvgIpc) is 3.11. The van der Waals surface area contributed by atoms with Crippen molar-refractivity contribution in [3.8, 4) is 11.5 Å². The Kier molecular flexibility index (Phi) is 5.37. The maximum Gasteiger partial charge on any atom is 0.418 e. The summed E-state index contributed by atoms with van der Waals surface area (Å²) in [6, 6.07) is 18.4. The molecule has 0 N–H and O–H groups in total. The molecule has 0 unspecified atom stereocenters. The van der Waals surface area contributed by atoms with Gasteiger partial charge in [0.25, 0.3) is 0 Å². The van der Waals surface area contributed by atoms with Crippen LogP contribution in [0.25, 0.3) is 11.5 Å². The number of hydrogen-bond acceptors (Lipinski definition) is 4. The van der Waals surface area contributed by atoms with Crippen molar-refractivity contribution < 1.29 is 22.0 Å². The molecule has 2 heterocycles. The Morgan fingerprint density at radius 1 is 0.935 bits per heavy atom. The predicted octanol–water partition coefficient (Wildman–Crippen LogP) is 6.37. The Morgan fingerprint density at radius 2 is 1.52 bits per heavy atom. The highest BCUT2D eigenvalue weighted by Gasteiger charge is 2.36. The molecule has 4 aromatic rings. The molecule has 0 spiro atoms. The van der Waals surface area contributed by atoms with Crippen molar-refractivity contribution in [2.75, 3.05) is 0 Å². The third kappa shape index (κ3) is 4.37. The van der Waals surface area contributed by atoms with Gasteiger partial charge in [0.15, 0.2) is 5.82 Å². The number of aromatic nitrogens is 2. The van der Waals surface area contributed by atoms with E-state index in [-0.39, 0.29) is 11.5 Å². The highest BCUT2D eigenvalue weighted by atomic mass is 19.4. The summed E-state index contributed by atoms with van der Waals surface area (Å²) in [6.45, 7) is 1.30. The lowest BCUT2D eigenvalue weighted by Crippen LogP contribution is -2.08. The minimum atomic E-state index is -4.73. The zero-order chi connectivity index (χ0) is 22.0. The molecule has 0 atom stereocenters. The van der Waals surface area contributed by atoms with Crippen LogP contribution in [-0.4, -0.2) is 15.7 Å². The van der Waals surface area contributed by atoms with Crippen LogP contribution < -0.4 is 0 Å². The molecule has 0 radical (unpaired) electrons. The van der Waals surface area contributed by atoms with E-state index in [0.29, 0.717) is 11.9 Å². The van der Waals surface area contributed by atoms with Gasteiger partial charge in [0.1, 0.15) is 5.69 Å². The zero-order valence-electron chi connectivity index (χ0n) is 16.2. The van der Waals surface area contributed by atoms with Gasteiger partial charge >= 0.3 is 12.2 Å². The van der Waals surface area contributed by atoms with Gasteiger partial charge in [-0.05, 0) is 13.0 Å². The van der Waals surface area contributed by atoms with Crippen molar-refractivity contribution in [3.05, 3.63) is 101 Å². The van der Waals surface area contributed by atoms with E-state index in [2.05, 4.69) is 15.0 Å². The van der Waals surface area contributed by atoms with E-state index in [1.54, 1.807) is 0 Å². The fourth-order valence-electron chi connectivity index (χ4n) is 3.00. The van der Waals surface area contributed by atoms with E-state index < -0.39 is 29.2 Å². The van der Waals surface area contributed by atoms with Crippen molar-refractivity contribution >= 4 is 11.5 Å². The molecule has 2 aromatic carbocycles.